The average Bonchev–Trinajstić information content (AvgIpc) is 1.64. The van der Waals surface area contributed by atoms with Crippen molar-refractivity contribution in [3.63, 3.8) is 0 Å². The van der Waals surface area contributed by atoms with Crippen molar-refractivity contribution >= 4 is 77.1 Å². The van der Waals surface area contributed by atoms with Gasteiger partial charge in [0.15, 0.2) is 28.9 Å². The fraction of sp³-hybridized carbons (Fsp3) is 0.356. The number of ether oxygens (including phenoxy) is 10. The van der Waals surface area contributed by atoms with E-state index in [9.17, 15) is 67.4 Å². The molecule has 2 fully saturated rings. The second-order valence-corrected chi connectivity index (χ2v) is 32.0. The number of benzene rings is 9. The van der Waals surface area contributed by atoms with Crippen LogP contribution >= 0.6 is 0 Å². The number of hydrogen-bond acceptors (Lipinski definition) is 24. The molecule has 0 aromatic heterocycles. The number of esters is 1. The van der Waals surface area contributed by atoms with Gasteiger partial charge in [0.2, 0.25) is 5.91 Å². The maximum absolute atomic E-state index is 13.8. The monoisotopic (exact) mass is 2340 g/mol. The van der Waals surface area contributed by atoms with Crippen molar-refractivity contribution in [3.05, 3.63) is 305 Å². The number of methoxy groups -OCH3 is 4. The van der Waals surface area contributed by atoms with Gasteiger partial charge >= 0.3 is 42.3 Å². The van der Waals surface area contributed by atoms with Crippen LogP contribution in [0.1, 0.15) is 129 Å². The van der Waals surface area contributed by atoms with Crippen LogP contribution in [0.15, 0.2) is 255 Å². The van der Waals surface area contributed by atoms with E-state index in [1.165, 1.54) is 21.0 Å². The summed E-state index contributed by atoms with van der Waals surface area (Å²) < 4.78 is 61.1. The number of nitrogens with one attached hydrogen (secondary N) is 5. The molecule has 9 aromatic carbocycles. The Morgan fingerprint density at radius 3 is 0.891 bits per heavy atom. The standard InChI is InChI=1S/C34H38N2O7.C23H27NO6.C22H25NO6.C12H15NO2.C11H13NO4.2CH4.2U.H2/c1-23(35-33(40)42-21-26-12-8-5-9-13-26)30(37)20-27(18-25-14-16-28(41-3)17-15-25)32(39)36-29(31(38)34(2)22-43-34)19-24-10-6-4-7-11-24;1-16(24-23(27)30-15-18-7-5-4-6-8-18)21(25)14-19(22(26)29-3)13-17-9-11-20(28-2)12-10-17;1-15(23-22(27)29-14-17-6-4-3-5-7-17)20(24)13-18(21(25)26)12-16-8-10-19(28-2)11-9-16;1-12(8-15-12)11(14)10(13)7-9-5-3-2-4-6-9;1-8(10(13)14)12-11(15)16-7-9-5-3-2-4-6-9;;;;;/h4-17,23,27,29H,18-22H2,1-3H3,(H,35,40)(H,36,39);4-12,16,19H,13-15H2,1-3H3,(H,24,27);3-11,15,18H,12-14H2,1-2H3,(H,23,27)(H,25,26);2-6,10H,7-8,13H2,1H3;2-6,8H,7H2,1H3,(H,12,15)(H,13,14);2*1H4;;;1H/t23-,27+,29-,34+;16-,19+;15-,18+;10-,12+;8-;;;;;/m00000...../s1/i;;;;;;;;;1+2T. The van der Waals surface area contributed by atoms with Gasteiger partial charge in [-0.2, -0.15) is 0 Å². The van der Waals surface area contributed by atoms with E-state index in [2.05, 4.69) is 26.6 Å². The quantitative estimate of drug-likeness (QED) is 0.00999. The fourth-order valence-electron chi connectivity index (χ4n) is 12.9. The van der Waals surface area contributed by atoms with Crippen LogP contribution in [-0.2, 0) is 135 Å². The number of carboxylic acids is 2. The van der Waals surface area contributed by atoms with Gasteiger partial charge < -0.3 is 89.9 Å². The number of epoxide rings is 2. The van der Waals surface area contributed by atoms with Crippen LogP contribution < -0.4 is 46.5 Å². The number of hydrogen-bond donors (Lipinski definition) is 8. The zero-order valence-corrected chi connectivity index (χ0v) is 85.5. The maximum atomic E-state index is 13.8. The summed E-state index contributed by atoms with van der Waals surface area (Å²) in [5, 5.41) is 30.7. The molecule has 732 valence electrons. The molecule has 0 radical (unpaired) electrons. The van der Waals surface area contributed by atoms with Crippen molar-refractivity contribution in [2.24, 2.45) is 23.5 Å². The van der Waals surface area contributed by atoms with Crippen molar-refractivity contribution in [1.82, 2.24) is 26.6 Å². The number of carbonyl (C=O) groups excluding carboxylic acids is 11. The summed E-state index contributed by atoms with van der Waals surface area (Å²) in [5.41, 5.74) is 12.1. The predicted molar refractivity (Wildman–Crippen MR) is 508 cm³/mol. The van der Waals surface area contributed by atoms with Crippen LogP contribution in [0.25, 0.3) is 0 Å². The molecule has 2 saturated heterocycles. The Hall–Kier alpha value is -12.3. The van der Waals surface area contributed by atoms with Crippen LogP contribution in [0.5, 0.6) is 17.2 Å². The van der Waals surface area contributed by atoms with E-state index >= 15 is 0 Å². The van der Waals surface area contributed by atoms with Crippen molar-refractivity contribution < 1.29 is 185 Å². The fourth-order valence-corrected chi connectivity index (χ4v) is 12.9. The third-order valence-electron chi connectivity index (χ3n) is 21.3. The first kappa shape index (κ1) is 117. The van der Waals surface area contributed by atoms with Crippen molar-refractivity contribution in [3.8, 4) is 17.2 Å². The SMILES string of the molecule is C.C.COC(=O)[C@@H](CC(=O)[C@H](C)NC(=O)OCc1ccccc1)Cc1ccc(OC)cc1.COc1ccc(C[C@H](CC(=O)[C@H](C)NC(=O)OCc2ccccc2)C(=O)N[C@@H](Cc2ccccc2)C(=O)[C@@]2(C)CO2)cc1.COc1ccc(C[C@H](CC(=O)[C@H](C)NC(=O)OCc2ccccc2)C(=O)O)cc1.C[C@H](NC(=O)OCc1ccccc1)C(=O)O.C[C@]1(C(=O)[C@@H](N)Cc2ccccc2)CO1.[3H][3H].[U].[U]. The van der Waals surface area contributed by atoms with E-state index in [-0.39, 0.29) is 165 Å². The Morgan fingerprint density at radius 2 is 0.606 bits per heavy atom. The summed E-state index contributed by atoms with van der Waals surface area (Å²) in [4.78, 5) is 159. The third-order valence-corrected chi connectivity index (χ3v) is 21.3. The van der Waals surface area contributed by atoms with E-state index in [4.69, 9.17) is 61.2 Å². The zero-order valence-electron chi connectivity index (χ0n) is 79.2. The van der Waals surface area contributed by atoms with Gasteiger partial charge in [-0.05, 0) is 160 Å². The first-order valence-corrected chi connectivity index (χ1v) is 43.1. The third kappa shape index (κ3) is 44.1. The Labute approximate surface area is 851 Å². The molecule has 31 nitrogen and oxygen atoms in total. The molecule has 5 amide bonds. The van der Waals surface area contributed by atoms with Crippen LogP contribution in [-0.4, -0.2) is 176 Å². The molecule has 0 saturated carbocycles. The van der Waals surface area contributed by atoms with Crippen molar-refractivity contribution in [2.75, 3.05) is 41.7 Å². The molecule has 0 bridgehead atoms. The molecule has 0 spiro atoms. The van der Waals surface area contributed by atoms with Gasteiger partial charge in [0.25, 0.3) is 0 Å². The molecule has 0 unspecified atom stereocenters. The number of Topliss-reactive ketones (excluding diaryl/α,β-unsaturated/α-hetero) is 5. The van der Waals surface area contributed by atoms with Crippen molar-refractivity contribution in [2.45, 2.75) is 182 Å². The van der Waals surface area contributed by atoms with Gasteiger partial charge in [0, 0.05) is 90.4 Å². The molecule has 2 aliphatic rings. The van der Waals surface area contributed by atoms with Crippen LogP contribution in [0, 0.1) is 80.0 Å². The van der Waals surface area contributed by atoms with Gasteiger partial charge in [0.1, 0.15) is 60.9 Å². The molecular weight excluding hydrogens is 2210 g/mol. The van der Waals surface area contributed by atoms with Crippen molar-refractivity contribution in [1.29, 1.82) is 0 Å². The van der Waals surface area contributed by atoms with Crippen LogP contribution in [0.4, 0.5) is 19.2 Å². The molecular formula is C104H128N6O25U2. The normalized spacial score (nSPS) is 15.1. The predicted octanol–water partition coefficient (Wildman–Crippen LogP) is 14.5. The number of alkyl carbamates (subject to hydrolysis) is 4. The summed E-state index contributed by atoms with van der Waals surface area (Å²) in [6, 6.07) is 72.6. The minimum atomic E-state index is -1.10. The van der Waals surface area contributed by atoms with Gasteiger partial charge in [-0.1, -0.05) is 233 Å². The Kier molecular flexibility index (Phi) is 53.3. The molecule has 33 heteroatoms. The number of carboxylic acid groups (broad SMARTS) is 2. The second-order valence-electron chi connectivity index (χ2n) is 32.0. The van der Waals surface area contributed by atoms with E-state index in [1.54, 1.807) is 97.6 Å². The maximum Gasteiger partial charge on any atom is 0.408 e. The number of nitrogens with two attached hydrogens (primary N) is 1. The minimum Gasteiger partial charge on any atom is -0.497 e. The Balaban J connectivity index is 0.000000608. The molecule has 2 heterocycles. The summed E-state index contributed by atoms with van der Waals surface area (Å²) in [5.74, 6) is -4.57. The molecule has 9 aromatic rings. The summed E-state index contributed by atoms with van der Waals surface area (Å²) >= 11 is 0. The molecule has 11 rings (SSSR count). The van der Waals surface area contributed by atoms with Gasteiger partial charge in [-0.3, -0.25) is 43.2 Å². The molecule has 9 N–H and O–H groups in total. The topological polar surface area (TPSA) is 447 Å². The molecule has 0 aliphatic carbocycles. The van der Waals surface area contributed by atoms with E-state index in [1.807, 2.05) is 206 Å². The number of amides is 5. The smallest absolute Gasteiger partial charge is 0.408 e. The first-order chi connectivity index (χ1) is 64.7. The average molecular weight is 2340 g/mol. The van der Waals surface area contributed by atoms with Crippen LogP contribution in [0.3, 0.4) is 0 Å². The Morgan fingerprint density at radius 1 is 0.350 bits per heavy atom. The molecule has 137 heavy (non-hydrogen) atoms. The largest absolute Gasteiger partial charge is 0.497 e. The number of rotatable bonds is 43. The van der Waals surface area contributed by atoms with Gasteiger partial charge in [-0.15, -0.1) is 0 Å². The summed E-state index contributed by atoms with van der Waals surface area (Å²) in [6.07, 6.45) is -1.63. The Bertz CT molecular complexity index is 5220. The molecule has 11 atom stereocenters. The van der Waals surface area contributed by atoms with E-state index < -0.39 is 113 Å². The van der Waals surface area contributed by atoms with E-state index in [0.29, 0.717) is 49.7 Å². The van der Waals surface area contributed by atoms with E-state index in [0.717, 1.165) is 50.1 Å². The van der Waals surface area contributed by atoms with Gasteiger partial charge in [0.05, 0.1) is 83.7 Å². The van der Waals surface area contributed by atoms with Gasteiger partial charge in [-0.25, -0.2) is 19.2 Å². The van der Waals surface area contributed by atoms with Crippen LogP contribution in [0.2, 0.25) is 0 Å². The first-order valence-electron chi connectivity index (χ1n) is 44.1. The second kappa shape index (κ2) is 62.4. The zero-order chi connectivity index (χ0) is 98.8. The number of carbonyl (C=O) groups is 13. The summed E-state index contributed by atoms with van der Waals surface area (Å²) in [7, 11) is 5.98. The minimum absolute atomic E-state index is 0. The summed E-state index contributed by atoms with van der Waals surface area (Å²) in [6.45, 7) is 10.7. The number of ketones is 5. The molecule has 2 aliphatic heterocycles. The number of aliphatic carboxylic acids is 2.